The highest BCUT2D eigenvalue weighted by Gasteiger charge is 2.52. The first-order valence-corrected chi connectivity index (χ1v) is 14.7. The lowest BCUT2D eigenvalue weighted by Crippen LogP contribution is -2.41. The summed E-state index contributed by atoms with van der Waals surface area (Å²) in [6.45, 7) is 12.4. The summed E-state index contributed by atoms with van der Waals surface area (Å²) in [4.78, 5) is 2.47. The van der Waals surface area contributed by atoms with Crippen LogP contribution in [0.1, 0.15) is 82.1 Å². The van der Waals surface area contributed by atoms with Gasteiger partial charge in [0.1, 0.15) is 11.5 Å². The maximum absolute atomic E-state index is 6.66. The van der Waals surface area contributed by atoms with E-state index in [0.29, 0.717) is 5.92 Å². The molecule has 0 spiro atoms. The Labute approximate surface area is 240 Å². The third kappa shape index (κ3) is 5.75. The summed E-state index contributed by atoms with van der Waals surface area (Å²) in [5, 5.41) is 0. The average Bonchev–Trinajstić information content (AvgIpc) is 3.18. The number of aryl methyl sites for hydroxylation is 1. The minimum absolute atomic E-state index is 0.380. The number of fused-ring (bicyclic) bond motifs is 1. The summed E-state index contributed by atoms with van der Waals surface area (Å²) < 4.78 is 24.2. The predicted molar refractivity (Wildman–Crippen MR) is 164 cm³/mol. The molecule has 3 aromatic rings. The van der Waals surface area contributed by atoms with Crippen molar-refractivity contribution in [1.82, 2.24) is 0 Å². The molecule has 6 heteroatoms. The first-order chi connectivity index (χ1) is 19.1. The van der Waals surface area contributed by atoms with Crippen LogP contribution in [0.25, 0.3) is 0 Å². The van der Waals surface area contributed by atoms with Gasteiger partial charge in [0.05, 0.1) is 25.4 Å². The van der Waals surface area contributed by atoms with Gasteiger partial charge in [-0.1, -0.05) is 31.2 Å². The fourth-order valence-electron chi connectivity index (χ4n) is 6.01. The van der Waals surface area contributed by atoms with Crippen LogP contribution >= 0.6 is 0 Å². The zero-order valence-electron chi connectivity index (χ0n) is 25.3. The van der Waals surface area contributed by atoms with Crippen molar-refractivity contribution in [2.45, 2.75) is 90.5 Å². The van der Waals surface area contributed by atoms with E-state index in [9.17, 15) is 0 Å². The second-order valence-electron chi connectivity index (χ2n) is 12.2. The van der Waals surface area contributed by atoms with Crippen molar-refractivity contribution in [3.63, 3.8) is 0 Å². The molecule has 2 aliphatic rings. The number of rotatable bonds is 9. The second-order valence-corrected chi connectivity index (χ2v) is 12.2. The van der Waals surface area contributed by atoms with Gasteiger partial charge in [-0.3, -0.25) is 0 Å². The van der Waals surface area contributed by atoms with Gasteiger partial charge in [-0.15, -0.1) is 0 Å². The van der Waals surface area contributed by atoms with Gasteiger partial charge in [0.25, 0.3) is 0 Å². The highest BCUT2D eigenvalue weighted by molar-refractivity contribution is 6.63. The number of hydrogen-bond acceptors (Lipinski definition) is 5. The van der Waals surface area contributed by atoms with Gasteiger partial charge < -0.3 is 23.7 Å². The zero-order chi connectivity index (χ0) is 28.5. The first-order valence-electron chi connectivity index (χ1n) is 14.7. The van der Waals surface area contributed by atoms with Gasteiger partial charge in [-0.05, 0) is 123 Å². The molecule has 5 rings (SSSR count). The van der Waals surface area contributed by atoms with E-state index in [1.165, 1.54) is 46.2 Å². The van der Waals surface area contributed by atoms with E-state index >= 15 is 0 Å². The van der Waals surface area contributed by atoms with Crippen LogP contribution in [-0.4, -0.2) is 32.5 Å². The molecule has 1 unspecified atom stereocenters. The molecule has 3 aromatic carbocycles. The van der Waals surface area contributed by atoms with Gasteiger partial charge >= 0.3 is 7.12 Å². The number of hydrogen-bond donors (Lipinski definition) is 0. The highest BCUT2D eigenvalue weighted by atomic mass is 16.7. The Hall–Kier alpha value is -2.96. The van der Waals surface area contributed by atoms with Crippen LogP contribution in [0.15, 0.2) is 60.7 Å². The van der Waals surface area contributed by atoms with Crippen LogP contribution in [0.4, 0.5) is 5.69 Å². The van der Waals surface area contributed by atoms with Crippen molar-refractivity contribution >= 4 is 18.3 Å². The Morgan fingerprint density at radius 3 is 1.82 bits per heavy atom. The fraction of sp³-hybridized carbons (Fsp3) is 0.471. The van der Waals surface area contributed by atoms with E-state index in [2.05, 4.69) is 75.9 Å². The zero-order valence-corrected chi connectivity index (χ0v) is 25.3. The largest absolute Gasteiger partial charge is 0.497 e. The molecular weight excluding hydrogens is 497 g/mol. The Kier molecular flexibility index (Phi) is 8.21. The van der Waals surface area contributed by atoms with Crippen LogP contribution in [0, 0.1) is 0 Å². The van der Waals surface area contributed by atoms with Crippen molar-refractivity contribution in [1.29, 1.82) is 0 Å². The van der Waals surface area contributed by atoms with Gasteiger partial charge in [0, 0.05) is 18.8 Å². The maximum atomic E-state index is 6.66. The number of ether oxygens (including phenoxy) is 2. The summed E-state index contributed by atoms with van der Waals surface area (Å²) in [6.07, 6.45) is 4.65. The Morgan fingerprint density at radius 1 is 0.825 bits per heavy atom. The lowest BCUT2D eigenvalue weighted by molar-refractivity contribution is 0.00578. The molecule has 1 fully saturated rings. The normalized spacial score (nSPS) is 19.3. The molecule has 0 bridgehead atoms. The van der Waals surface area contributed by atoms with E-state index in [1.54, 1.807) is 14.2 Å². The molecule has 0 radical (unpaired) electrons. The van der Waals surface area contributed by atoms with Crippen molar-refractivity contribution in [3.05, 3.63) is 82.9 Å². The number of anilines is 1. The summed E-state index contributed by atoms with van der Waals surface area (Å²) in [7, 11) is 3.03. The van der Waals surface area contributed by atoms with Gasteiger partial charge in [0.2, 0.25) is 0 Å². The minimum Gasteiger partial charge on any atom is -0.497 e. The van der Waals surface area contributed by atoms with E-state index in [4.69, 9.17) is 18.8 Å². The second kappa shape index (κ2) is 11.5. The summed E-state index contributed by atoms with van der Waals surface area (Å²) >= 11 is 0. The third-order valence-corrected chi connectivity index (χ3v) is 9.12. The molecule has 212 valence electrons. The van der Waals surface area contributed by atoms with Crippen molar-refractivity contribution < 1.29 is 18.8 Å². The molecule has 1 aliphatic heterocycles. The van der Waals surface area contributed by atoms with Crippen LogP contribution < -0.4 is 19.8 Å². The topological polar surface area (TPSA) is 40.2 Å². The molecule has 0 N–H and O–H groups in total. The number of nitrogens with zero attached hydrogens (tertiary/aromatic N) is 1. The maximum Gasteiger partial charge on any atom is 0.495 e. The molecule has 0 saturated carbocycles. The standard InChI is InChI=1S/C34H44BNO4/c1-8-26-10-9-11-27-20-28(21-31(32(26)27)35-39-33(2,3)34(4,5)40-35)36(22-24-12-16-29(37-6)17-13-24)23-25-14-18-30(38-7)19-15-25/h12-21,26H,8-11,22-23H2,1-7H3. The van der Waals surface area contributed by atoms with Crippen LogP contribution in [0.3, 0.4) is 0 Å². The Morgan fingerprint density at radius 2 is 1.35 bits per heavy atom. The van der Waals surface area contributed by atoms with E-state index in [1.807, 2.05) is 24.3 Å². The molecule has 0 aromatic heterocycles. The molecule has 40 heavy (non-hydrogen) atoms. The van der Waals surface area contributed by atoms with Crippen LogP contribution in [0.5, 0.6) is 11.5 Å². The number of methoxy groups -OCH3 is 2. The van der Waals surface area contributed by atoms with E-state index in [0.717, 1.165) is 37.4 Å². The summed E-state index contributed by atoms with van der Waals surface area (Å²) in [5.74, 6) is 2.27. The molecule has 1 aliphatic carbocycles. The van der Waals surface area contributed by atoms with E-state index in [-0.39, 0.29) is 18.3 Å². The third-order valence-electron chi connectivity index (χ3n) is 9.12. The molecule has 1 heterocycles. The number of benzene rings is 3. The van der Waals surface area contributed by atoms with Crippen LogP contribution in [0.2, 0.25) is 0 Å². The monoisotopic (exact) mass is 541 g/mol. The lowest BCUT2D eigenvalue weighted by Gasteiger charge is -2.32. The smallest absolute Gasteiger partial charge is 0.495 e. The molecular formula is C34H44BNO4. The fourth-order valence-corrected chi connectivity index (χ4v) is 6.01. The molecule has 1 atom stereocenters. The molecule has 1 saturated heterocycles. The van der Waals surface area contributed by atoms with Crippen molar-refractivity contribution in [3.8, 4) is 11.5 Å². The Balaban J connectivity index is 1.58. The highest BCUT2D eigenvalue weighted by Crippen LogP contribution is 2.40. The first kappa shape index (κ1) is 28.6. The SMILES string of the molecule is CCC1CCCc2cc(N(Cc3ccc(OC)cc3)Cc3ccc(OC)cc3)cc(B3OC(C)(C)C(C)(C)O3)c21. The summed E-state index contributed by atoms with van der Waals surface area (Å²) in [5.41, 5.74) is 6.98. The minimum atomic E-state index is -0.386. The van der Waals surface area contributed by atoms with Crippen molar-refractivity contribution in [2.75, 3.05) is 19.1 Å². The molecule has 5 nitrogen and oxygen atoms in total. The van der Waals surface area contributed by atoms with E-state index < -0.39 is 0 Å². The van der Waals surface area contributed by atoms with Crippen LogP contribution in [-0.2, 0) is 28.8 Å². The quantitative estimate of drug-likeness (QED) is 0.272. The van der Waals surface area contributed by atoms with Gasteiger partial charge in [-0.2, -0.15) is 0 Å². The Bertz CT molecular complexity index is 1240. The average molecular weight is 542 g/mol. The predicted octanol–water partition coefficient (Wildman–Crippen LogP) is 7.04. The van der Waals surface area contributed by atoms with Crippen molar-refractivity contribution in [2.24, 2.45) is 0 Å². The molecule has 0 amide bonds. The van der Waals surface area contributed by atoms with Gasteiger partial charge in [0.15, 0.2) is 0 Å². The van der Waals surface area contributed by atoms with Gasteiger partial charge in [-0.25, -0.2) is 0 Å². The lowest BCUT2D eigenvalue weighted by atomic mass is 9.67. The summed E-state index contributed by atoms with van der Waals surface area (Å²) in [6, 6.07) is 21.5.